The van der Waals surface area contributed by atoms with Gasteiger partial charge in [-0.05, 0) is 17.7 Å². The molecule has 1 heterocycles. The van der Waals surface area contributed by atoms with Crippen molar-refractivity contribution in [2.75, 3.05) is 32.3 Å². The van der Waals surface area contributed by atoms with Crippen LogP contribution in [0.25, 0.3) is 0 Å². The smallest absolute Gasteiger partial charge is 0.355 e. The minimum atomic E-state index is -0.543. The highest BCUT2D eigenvalue weighted by Crippen LogP contribution is 2.27. The minimum Gasteiger partial charge on any atom is -0.466 e. The standard InChI is InChI=1S/C21H22N2O4/c1-26-20(24)18-14-22(17-11-7-4-8-12-17)15-23(19(18)21(25)27-2)13-16-9-5-3-6-10-16/h3-12H,13-15H2,1-2H3. The normalized spacial score (nSPS) is 14.1. The highest BCUT2D eigenvalue weighted by molar-refractivity contribution is 6.01. The number of nitrogens with zero attached hydrogens (tertiary/aromatic N) is 2. The average molecular weight is 366 g/mol. The van der Waals surface area contributed by atoms with Crippen molar-refractivity contribution in [3.05, 3.63) is 77.5 Å². The molecule has 2 aromatic carbocycles. The lowest BCUT2D eigenvalue weighted by Crippen LogP contribution is -2.47. The van der Waals surface area contributed by atoms with Gasteiger partial charge in [0.15, 0.2) is 0 Å². The Morgan fingerprint density at radius 3 is 2.07 bits per heavy atom. The lowest BCUT2D eigenvalue weighted by Gasteiger charge is -2.39. The van der Waals surface area contributed by atoms with Crippen molar-refractivity contribution in [2.24, 2.45) is 0 Å². The van der Waals surface area contributed by atoms with Crippen molar-refractivity contribution in [3.63, 3.8) is 0 Å². The van der Waals surface area contributed by atoms with Crippen LogP contribution in [0, 0.1) is 0 Å². The minimum absolute atomic E-state index is 0.250. The second-order valence-electron chi connectivity index (χ2n) is 6.17. The van der Waals surface area contributed by atoms with E-state index in [2.05, 4.69) is 0 Å². The number of anilines is 1. The third-order valence-electron chi connectivity index (χ3n) is 4.44. The van der Waals surface area contributed by atoms with Crippen molar-refractivity contribution < 1.29 is 19.1 Å². The Labute approximate surface area is 158 Å². The molecule has 0 spiro atoms. The molecule has 0 aliphatic carbocycles. The van der Waals surface area contributed by atoms with Crippen LogP contribution in [0.15, 0.2) is 71.9 Å². The summed E-state index contributed by atoms with van der Waals surface area (Å²) in [7, 11) is 2.63. The molecule has 0 bridgehead atoms. The molecule has 0 N–H and O–H groups in total. The van der Waals surface area contributed by atoms with Gasteiger partial charge in [0.05, 0.1) is 33.0 Å². The maximum absolute atomic E-state index is 12.5. The summed E-state index contributed by atoms with van der Waals surface area (Å²) >= 11 is 0. The Morgan fingerprint density at radius 1 is 0.889 bits per heavy atom. The first kappa shape index (κ1) is 18.5. The van der Waals surface area contributed by atoms with Crippen molar-refractivity contribution in [1.29, 1.82) is 0 Å². The lowest BCUT2D eigenvalue weighted by atomic mass is 10.1. The number of carbonyl (C=O) groups is 2. The van der Waals surface area contributed by atoms with E-state index in [1.165, 1.54) is 14.2 Å². The van der Waals surface area contributed by atoms with Gasteiger partial charge in [-0.2, -0.15) is 0 Å². The van der Waals surface area contributed by atoms with Crippen molar-refractivity contribution in [1.82, 2.24) is 4.90 Å². The molecule has 0 radical (unpaired) electrons. The van der Waals surface area contributed by atoms with Crippen LogP contribution in [0.1, 0.15) is 5.56 Å². The maximum atomic E-state index is 12.5. The summed E-state index contributed by atoms with van der Waals surface area (Å²) < 4.78 is 9.90. The van der Waals surface area contributed by atoms with Crippen LogP contribution in [-0.2, 0) is 25.6 Å². The van der Waals surface area contributed by atoms with E-state index in [0.717, 1.165) is 11.3 Å². The number of methoxy groups -OCH3 is 2. The van der Waals surface area contributed by atoms with E-state index in [-0.39, 0.29) is 17.8 Å². The highest BCUT2D eigenvalue weighted by atomic mass is 16.5. The molecule has 0 saturated heterocycles. The van der Waals surface area contributed by atoms with E-state index >= 15 is 0 Å². The molecule has 6 heteroatoms. The average Bonchev–Trinajstić information content (AvgIpc) is 2.73. The van der Waals surface area contributed by atoms with Crippen LogP contribution in [-0.4, -0.2) is 44.3 Å². The summed E-state index contributed by atoms with van der Waals surface area (Å²) in [4.78, 5) is 28.8. The third kappa shape index (κ3) is 4.11. The number of benzene rings is 2. The molecular weight excluding hydrogens is 344 g/mol. The monoisotopic (exact) mass is 366 g/mol. The molecule has 1 aliphatic rings. The molecule has 27 heavy (non-hydrogen) atoms. The van der Waals surface area contributed by atoms with Crippen LogP contribution in [0.5, 0.6) is 0 Å². The Morgan fingerprint density at radius 2 is 1.48 bits per heavy atom. The zero-order valence-electron chi connectivity index (χ0n) is 15.4. The molecule has 1 aliphatic heterocycles. The number of para-hydroxylation sites is 1. The maximum Gasteiger partial charge on any atom is 0.355 e. The summed E-state index contributed by atoms with van der Waals surface area (Å²) in [6.07, 6.45) is 0. The van der Waals surface area contributed by atoms with Crippen molar-refractivity contribution >= 4 is 17.6 Å². The van der Waals surface area contributed by atoms with Gasteiger partial charge in [0.2, 0.25) is 0 Å². The van der Waals surface area contributed by atoms with Crippen LogP contribution in [0.2, 0.25) is 0 Å². The van der Waals surface area contributed by atoms with Gasteiger partial charge in [0.1, 0.15) is 5.70 Å². The van der Waals surface area contributed by atoms with E-state index in [9.17, 15) is 9.59 Å². The fourth-order valence-corrected chi connectivity index (χ4v) is 3.16. The number of hydrogen-bond acceptors (Lipinski definition) is 6. The molecule has 0 aromatic heterocycles. The summed E-state index contributed by atoms with van der Waals surface area (Å²) in [5.74, 6) is -1.08. The number of rotatable bonds is 5. The van der Waals surface area contributed by atoms with Gasteiger partial charge in [-0.25, -0.2) is 9.59 Å². The molecule has 0 amide bonds. The lowest BCUT2D eigenvalue weighted by molar-refractivity contribution is -0.141. The van der Waals surface area contributed by atoms with Crippen molar-refractivity contribution in [3.8, 4) is 0 Å². The quantitative estimate of drug-likeness (QED) is 0.758. The van der Waals surface area contributed by atoms with Gasteiger partial charge in [-0.15, -0.1) is 0 Å². The van der Waals surface area contributed by atoms with E-state index in [1.54, 1.807) is 0 Å². The van der Waals surface area contributed by atoms with Crippen molar-refractivity contribution in [2.45, 2.75) is 6.54 Å². The SMILES string of the molecule is COC(=O)C1=C(C(=O)OC)N(Cc2ccccc2)CN(c2ccccc2)C1. The van der Waals surface area contributed by atoms with E-state index in [0.29, 0.717) is 13.2 Å². The van der Waals surface area contributed by atoms with Crippen LogP contribution < -0.4 is 4.90 Å². The summed E-state index contributed by atoms with van der Waals surface area (Å²) in [6, 6.07) is 19.5. The molecule has 0 fully saturated rings. The molecule has 140 valence electrons. The molecular formula is C21H22N2O4. The van der Waals surface area contributed by atoms with Gasteiger partial charge in [0, 0.05) is 12.2 Å². The number of carbonyl (C=O) groups excluding carboxylic acids is 2. The second-order valence-corrected chi connectivity index (χ2v) is 6.17. The van der Waals surface area contributed by atoms with E-state index < -0.39 is 11.9 Å². The molecule has 2 aromatic rings. The van der Waals surface area contributed by atoms with Gasteiger partial charge in [-0.3, -0.25) is 0 Å². The topological polar surface area (TPSA) is 59.1 Å². The zero-order chi connectivity index (χ0) is 19.2. The first-order chi connectivity index (χ1) is 13.1. The first-order valence-electron chi connectivity index (χ1n) is 8.62. The molecule has 0 atom stereocenters. The Balaban J connectivity index is 2.04. The predicted molar refractivity (Wildman–Crippen MR) is 102 cm³/mol. The summed E-state index contributed by atoms with van der Waals surface area (Å²) in [5, 5.41) is 0. The number of esters is 2. The largest absolute Gasteiger partial charge is 0.466 e. The van der Waals surface area contributed by atoms with Gasteiger partial charge in [-0.1, -0.05) is 48.5 Å². The molecule has 3 rings (SSSR count). The molecule has 6 nitrogen and oxygen atoms in total. The van der Waals surface area contributed by atoms with Gasteiger partial charge >= 0.3 is 11.9 Å². The fraction of sp³-hybridized carbons (Fsp3) is 0.238. The molecule has 0 saturated carbocycles. The van der Waals surface area contributed by atoms with Crippen LogP contribution in [0.4, 0.5) is 5.69 Å². The van der Waals surface area contributed by atoms with Gasteiger partial charge in [0.25, 0.3) is 0 Å². The second kappa shape index (κ2) is 8.40. The van der Waals surface area contributed by atoms with Crippen LogP contribution in [0.3, 0.4) is 0 Å². The predicted octanol–water partition coefficient (Wildman–Crippen LogP) is 2.57. The van der Waals surface area contributed by atoms with Gasteiger partial charge < -0.3 is 19.3 Å². The summed E-state index contributed by atoms with van der Waals surface area (Å²) in [5.41, 5.74) is 2.52. The zero-order valence-corrected chi connectivity index (χ0v) is 15.4. The van der Waals surface area contributed by atoms with E-state index in [4.69, 9.17) is 9.47 Å². The Hall–Kier alpha value is -3.28. The Kier molecular flexibility index (Phi) is 5.76. The fourth-order valence-electron chi connectivity index (χ4n) is 3.16. The number of ether oxygens (including phenoxy) is 2. The van der Waals surface area contributed by atoms with Crippen LogP contribution >= 0.6 is 0 Å². The number of hydrogen-bond donors (Lipinski definition) is 0. The van der Waals surface area contributed by atoms with E-state index in [1.807, 2.05) is 70.5 Å². The molecule has 0 unspecified atom stereocenters. The third-order valence-corrected chi connectivity index (χ3v) is 4.44. The highest BCUT2D eigenvalue weighted by Gasteiger charge is 2.34. The first-order valence-corrected chi connectivity index (χ1v) is 8.62. The summed E-state index contributed by atoms with van der Waals surface area (Å²) in [6.45, 7) is 1.19. The Bertz CT molecular complexity index is 834.